The zero-order valence-electron chi connectivity index (χ0n) is 18.6. The molecule has 0 saturated carbocycles. The Labute approximate surface area is 196 Å². The minimum atomic E-state index is 0. The molecular weight excluding hydrogens is 493 g/mol. The number of nitrogens with zero attached hydrogens (tertiary/aromatic N) is 3. The summed E-state index contributed by atoms with van der Waals surface area (Å²) in [6.07, 6.45) is 1.95. The first-order valence-corrected chi connectivity index (χ1v) is 10.1. The summed E-state index contributed by atoms with van der Waals surface area (Å²) in [6, 6.07) is 8.41. The second-order valence-corrected chi connectivity index (χ2v) is 7.67. The third-order valence-corrected chi connectivity index (χ3v) is 6.06. The number of aryl methyl sites for hydroxylation is 2. The Hall–Kier alpha value is -1.81. The van der Waals surface area contributed by atoms with Crippen molar-refractivity contribution in [2.75, 3.05) is 33.9 Å². The molecule has 7 nitrogen and oxygen atoms in total. The quantitative estimate of drug-likeness (QED) is 0.343. The van der Waals surface area contributed by atoms with Crippen molar-refractivity contribution in [3.05, 3.63) is 46.8 Å². The van der Waals surface area contributed by atoms with Crippen molar-refractivity contribution in [2.45, 2.75) is 38.6 Å². The molecule has 0 spiro atoms. The molecule has 2 heterocycles. The zero-order chi connectivity index (χ0) is 20.9. The van der Waals surface area contributed by atoms with Gasteiger partial charge in [-0.1, -0.05) is 12.1 Å². The number of rotatable bonds is 6. The van der Waals surface area contributed by atoms with Gasteiger partial charge in [-0.25, -0.2) is 0 Å². The van der Waals surface area contributed by atoms with Gasteiger partial charge in [0.15, 0.2) is 5.96 Å². The number of hydrogen-bond donors (Lipinski definition) is 2. The average Bonchev–Trinajstić information content (AvgIpc) is 3.00. The van der Waals surface area contributed by atoms with Gasteiger partial charge in [0.05, 0.1) is 12.8 Å². The van der Waals surface area contributed by atoms with Crippen LogP contribution in [0.4, 0.5) is 0 Å². The zero-order valence-corrected chi connectivity index (χ0v) is 20.9. The second kappa shape index (κ2) is 11.0. The summed E-state index contributed by atoms with van der Waals surface area (Å²) in [5.41, 5.74) is 4.76. The summed E-state index contributed by atoms with van der Waals surface area (Å²) in [5, 5.41) is 11.5. The first-order valence-electron chi connectivity index (χ1n) is 10.1. The van der Waals surface area contributed by atoms with E-state index in [4.69, 9.17) is 9.47 Å². The lowest BCUT2D eigenvalue weighted by Crippen LogP contribution is -2.48. The summed E-state index contributed by atoms with van der Waals surface area (Å²) in [5.74, 6) is 1.68. The highest BCUT2D eigenvalue weighted by molar-refractivity contribution is 14.0. The Morgan fingerprint density at radius 3 is 2.40 bits per heavy atom. The van der Waals surface area contributed by atoms with Crippen molar-refractivity contribution >= 4 is 29.9 Å². The van der Waals surface area contributed by atoms with E-state index in [0.717, 1.165) is 50.0 Å². The van der Waals surface area contributed by atoms with Gasteiger partial charge in [-0.15, -0.1) is 24.0 Å². The summed E-state index contributed by atoms with van der Waals surface area (Å²) in [6.45, 7) is 7.17. The number of methoxy groups -OCH3 is 1. The van der Waals surface area contributed by atoms with Crippen LogP contribution in [0.5, 0.6) is 5.75 Å². The van der Waals surface area contributed by atoms with Crippen LogP contribution in [0, 0.1) is 13.8 Å². The number of aromatic nitrogens is 2. The van der Waals surface area contributed by atoms with Crippen LogP contribution >= 0.6 is 24.0 Å². The molecule has 1 aromatic carbocycles. The molecule has 3 rings (SSSR count). The van der Waals surface area contributed by atoms with Gasteiger partial charge < -0.3 is 20.1 Å². The van der Waals surface area contributed by atoms with E-state index >= 15 is 0 Å². The molecule has 2 N–H and O–H groups in total. The van der Waals surface area contributed by atoms with Crippen LogP contribution in [0.1, 0.15) is 35.4 Å². The lowest BCUT2D eigenvalue weighted by atomic mass is 9.74. The maximum Gasteiger partial charge on any atom is 0.191 e. The standard InChI is InChI=1S/C22H33N5O2.HI/c1-16-20(17(2)27(4)26-16)14-24-21(23-3)25-15-22(10-12-29-13-11-22)18-6-8-19(28-5)9-7-18;/h6-9H,10-15H2,1-5H3,(H2,23,24,25);1H. The summed E-state index contributed by atoms with van der Waals surface area (Å²) >= 11 is 0. The molecule has 166 valence electrons. The number of ether oxygens (including phenoxy) is 2. The fraction of sp³-hybridized carbons (Fsp3) is 0.545. The number of nitrogens with one attached hydrogen (secondary N) is 2. The SMILES string of the molecule is CN=C(NCc1c(C)nn(C)c1C)NCC1(c2ccc(OC)cc2)CCOCC1.I. The summed E-state index contributed by atoms with van der Waals surface area (Å²) < 4.78 is 12.9. The number of halogens is 1. The third-order valence-electron chi connectivity index (χ3n) is 6.06. The van der Waals surface area contributed by atoms with Gasteiger partial charge in [0.2, 0.25) is 0 Å². The van der Waals surface area contributed by atoms with Crippen LogP contribution in [-0.4, -0.2) is 49.7 Å². The fourth-order valence-electron chi connectivity index (χ4n) is 3.99. The molecule has 1 fully saturated rings. The molecule has 0 unspecified atom stereocenters. The topological polar surface area (TPSA) is 72.7 Å². The average molecular weight is 527 g/mol. The number of aliphatic imine (C=N–C) groups is 1. The molecular formula is C22H34IN5O2. The Bertz CT molecular complexity index is 842. The van der Waals surface area contributed by atoms with E-state index in [0.29, 0.717) is 6.54 Å². The van der Waals surface area contributed by atoms with Crippen LogP contribution in [0.2, 0.25) is 0 Å². The van der Waals surface area contributed by atoms with Crippen molar-refractivity contribution < 1.29 is 9.47 Å². The summed E-state index contributed by atoms with van der Waals surface area (Å²) in [4.78, 5) is 4.42. The van der Waals surface area contributed by atoms with E-state index in [1.165, 1.54) is 16.8 Å². The normalized spacial score (nSPS) is 16.0. The predicted molar refractivity (Wildman–Crippen MR) is 131 cm³/mol. The van der Waals surface area contributed by atoms with Crippen molar-refractivity contribution in [3.8, 4) is 5.75 Å². The highest BCUT2D eigenvalue weighted by Gasteiger charge is 2.34. The Morgan fingerprint density at radius 1 is 1.20 bits per heavy atom. The monoisotopic (exact) mass is 527 g/mol. The molecule has 2 aromatic rings. The lowest BCUT2D eigenvalue weighted by molar-refractivity contribution is 0.0513. The van der Waals surface area contributed by atoms with Crippen LogP contribution in [-0.2, 0) is 23.7 Å². The molecule has 8 heteroatoms. The number of hydrogen-bond acceptors (Lipinski definition) is 4. The Balaban J connectivity index is 0.00000320. The van der Waals surface area contributed by atoms with Crippen LogP contribution in [0.25, 0.3) is 0 Å². The molecule has 1 aliphatic heterocycles. The molecule has 0 atom stereocenters. The predicted octanol–water partition coefficient (Wildman–Crippen LogP) is 3.08. The molecule has 1 aliphatic rings. The summed E-state index contributed by atoms with van der Waals surface area (Å²) in [7, 11) is 5.48. The van der Waals surface area contributed by atoms with Crippen LogP contribution < -0.4 is 15.4 Å². The molecule has 0 radical (unpaired) electrons. The van der Waals surface area contributed by atoms with Crippen molar-refractivity contribution in [1.82, 2.24) is 20.4 Å². The van der Waals surface area contributed by atoms with E-state index in [2.05, 4.69) is 39.8 Å². The van der Waals surface area contributed by atoms with Crippen LogP contribution in [0.15, 0.2) is 29.3 Å². The minimum Gasteiger partial charge on any atom is -0.497 e. The van der Waals surface area contributed by atoms with Crippen LogP contribution in [0.3, 0.4) is 0 Å². The molecule has 1 saturated heterocycles. The maximum atomic E-state index is 5.65. The van der Waals surface area contributed by atoms with Crippen molar-refractivity contribution in [1.29, 1.82) is 0 Å². The van der Waals surface area contributed by atoms with Gasteiger partial charge >= 0.3 is 0 Å². The first kappa shape index (κ1) is 24.5. The van der Waals surface area contributed by atoms with E-state index in [1.807, 2.05) is 37.8 Å². The van der Waals surface area contributed by atoms with Gasteiger partial charge in [0.25, 0.3) is 0 Å². The maximum absolute atomic E-state index is 5.65. The molecule has 0 aliphatic carbocycles. The Kier molecular flexibility index (Phi) is 8.96. The van der Waals surface area contributed by atoms with Gasteiger partial charge in [-0.3, -0.25) is 9.67 Å². The van der Waals surface area contributed by atoms with E-state index in [1.54, 1.807) is 7.11 Å². The number of benzene rings is 1. The molecule has 0 bridgehead atoms. The smallest absolute Gasteiger partial charge is 0.191 e. The second-order valence-electron chi connectivity index (χ2n) is 7.67. The van der Waals surface area contributed by atoms with Crippen molar-refractivity contribution in [3.63, 3.8) is 0 Å². The highest BCUT2D eigenvalue weighted by atomic mass is 127. The number of guanidine groups is 1. The van der Waals surface area contributed by atoms with Gasteiger partial charge in [0.1, 0.15) is 5.75 Å². The lowest BCUT2D eigenvalue weighted by Gasteiger charge is -2.38. The third kappa shape index (κ3) is 5.46. The van der Waals surface area contributed by atoms with E-state index in [-0.39, 0.29) is 29.4 Å². The molecule has 0 amide bonds. The Morgan fingerprint density at radius 2 is 1.87 bits per heavy atom. The van der Waals surface area contributed by atoms with Crippen molar-refractivity contribution in [2.24, 2.45) is 12.0 Å². The minimum absolute atomic E-state index is 0. The van der Waals surface area contributed by atoms with Gasteiger partial charge in [-0.2, -0.15) is 5.10 Å². The van der Waals surface area contributed by atoms with E-state index in [9.17, 15) is 0 Å². The largest absolute Gasteiger partial charge is 0.497 e. The van der Waals surface area contributed by atoms with E-state index < -0.39 is 0 Å². The first-order chi connectivity index (χ1) is 14.0. The van der Waals surface area contributed by atoms with Gasteiger partial charge in [0, 0.05) is 57.1 Å². The fourth-order valence-corrected chi connectivity index (χ4v) is 3.99. The highest BCUT2D eigenvalue weighted by Crippen LogP contribution is 2.35. The van der Waals surface area contributed by atoms with Gasteiger partial charge in [-0.05, 0) is 44.4 Å². The molecule has 30 heavy (non-hydrogen) atoms. The molecule has 1 aromatic heterocycles.